The predicted octanol–water partition coefficient (Wildman–Crippen LogP) is 2.91. The number of nitrogens with two attached hydrogens (primary N) is 1. The monoisotopic (exact) mass is 356 g/mol. The molecule has 5 nitrogen and oxygen atoms in total. The number of carbonyl (C=O) groups excluding carboxylic acids is 1. The molecule has 1 amide bonds. The fourth-order valence-corrected chi connectivity index (χ4v) is 3.12. The Morgan fingerprint density at radius 1 is 1.21 bits per heavy atom. The van der Waals surface area contributed by atoms with Crippen LogP contribution < -0.4 is 20.5 Å². The molecule has 1 atom stereocenters. The van der Waals surface area contributed by atoms with Crippen LogP contribution in [0.2, 0.25) is 0 Å². The summed E-state index contributed by atoms with van der Waals surface area (Å²) in [4.78, 5) is 12.1. The van der Waals surface area contributed by atoms with Crippen molar-refractivity contribution in [1.82, 2.24) is 5.32 Å². The molecule has 1 unspecified atom stereocenters. The molecule has 1 fully saturated rings. The van der Waals surface area contributed by atoms with E-state index in [1.165, 1.54) is 32.1 Å². The lowest BCUT2D eigenvalue weighted by Gasteiger charge is -2.30. The number of benzene rings is 1. The van der Waals surface area contributed by atoms with Gasteiger partial charge < -0.3 is 20.5 Å². The highest BCUT2D eigenvalue weighted by Gasteiger charge is 2.23. The van der Waals surface area contributed by atoms with Gasteiger partial charge in [0.25, 0.3) is 0 Å². The van der Waals surface area contributed by atoms with Crippen LogP contribution in [0.1, 0.15) is 38.5 Å². The van der Waals surface area contributed by atoms with Crippen LogP contribution >= 0.6 is 12.4 Å². The topological polar surface area (TPSA) is 73.6 Å². The number of methoxy groups -OCH3 is 1. The summed E-state index contributed by atoms with van der Waals surface area (Å²) in [7, 11) is 1.63. The van der Waals surface area contributed by atoms with Crippen molar-refractivity contribution in [2.45, 2.75) is 44.6 Å². The predicted molar refractivity (Wildman–Crippen MR) is 97.9 cm³/mol. The van der Waals surface area contributed by atoms with Crippen molar-refractivity contribution in [2.75, 3.05) is 20.3 Å². The van der Waals surface area contributed by atoms with Gasteiger partial charge in [0.1, 0.15) is 11.5 Å². The second kappa shape index (κ2) is 11.2. The lowest BCUT2D eigenvalue weighted by molar-refractivity contribution is -0.122. The molecule has 1 saturated carbocycles. The Balaban J connectivity index is 0.00000288. The highest BCUT2D eigenvalue weighted by atomic mass is 35.5. The first-order chi connectivity index (χ1) is 11.2. The van der Waals surface area contributed by atoms with Crippen molar-refractivity contribution in [1.29, 1.82) is 0 Å². The second-order valence-electron chi connectivity index (χ2n) is 6.08. The Kier molecular flexibility index (Phi) is 9.57. The molecule has 0 bridgehead atoms. The molecule has 24 heavy (non-hydrogen) atoms. The smallest absolute Gasteiger partial charge is 0.223 e. The van der Waals surface area contributed by atoms with Gasteiger partial charge in [0.2, 0.25) is 5.91 Å². The van der Waals surface area contributed by atoms with E-state index in [1.807, 2.05) is 24.3 Å². The summed E-state index contributed by atoms with van der Waals surface area (Å²) in [6.07, 6.45) is 6.48. The van der Waals surface area contributed by atoms with E-state index in [2.05, 4.69) is 5.32 Å². The summed E-state index contributed by atoms with van der Waals surface area (Å²) in [5.41, 5.74) is 5.84. The summed E-state index contributed by atoms with van der Waals surface area (Å²) in [5, 5.41) is 3.08. The molecule has 1 aromatic carbocycles. The van der Waals surface area contributed by atoms with E-state index in [0.29, 0.717) is 25.5 Å². The van der Waals surface area contributed by atoms with E-state index < -0.39 is 0 Å². The van der Waals surface area contributed by atoms with Gasteiger partial charge in [-0.25, -0.2) is 0 Å². The van der Waals surface area contributed by atoms with E-state index >= 15 is 0 Å². The number of carbonyl (C=O) groups is 1. The number of ether oxygens (including phenoxy) is 2. The zero-order valence-corrected chi connectivity index (χ0v) is 15.1. The Morgan fingerprint density at radius 2 is 1.83 bits per heavy atom. The fraction of sp³-hybridized carbons (Fsp3) is 0.611. The summed E-state index contributed by atoms with van der Waals surface area (Å²) in [6, 6.07) is 7.44. The third-order valence-electron chi connectivity index (χ3n) is 4.48. The van der Waals surface area contributed by atoms with Gasteiger partial charge in [0, 0.05) is 12.6 Å². The summed E-state index contributed by atoms with van der Waals surface area (Å²) < 4.78 is 10.7. The molecule has 0 saturated heterocycles. The summed E-state index contributed by atoms with van der Waals surface area (Å²) in [5.74, 6) is 2.06. The molecule has 6 heteroatoms. The van der Waals surface area contributed by atoms with Gasteiger partial charge in [-0.1, -0.05) is 19.3 Å². The quantitative estimate of drug-likeness (QED) is 0.751. The molecule has 0 aromatic heterocycles. The van der Waals surface area contributed by atoms with E-state index in [-0.39, 0.29) is 24.4 Å². The average molecular weight is 357 g/mol. The molecule has 1 aliphatic rings. The van der Waals surface area contributed by atoms with Gasteiger partial charge in [-0.3, -0.25) is 4.79 Å². The van der Waals surface area contributed by atoms with Crippen LogP contribution in [-0.2, 0) is 4.79 Å². The Bertz CT molecular complexity index is 476. The van der Waals surface area contributed by atoms with E-state index in [9.17, 15) is 4.79 Å². The van der Waals surface area contributed by atoms with Crippen LogP contribution in [0.25, 0.3) is 0 Å². The van der Waals surface area contributed by atoms with Crippen molar-refractivity contribution in [3.05, 3.63) is 24.3 Å². The van der Waals surface area contributed by atoms with Crippen LogP contribution in [0.4, 0.5) is 0 Å². The highest BCUT2D eigenvalue weighted by molar-refractivity contribution is 5.85. The molecule has 1 aliphatic carbocycles. The molecule has 0 heterocycles. The number of nitrogens with one attached hydrogen (secondary N) is 1. The molecule has 136 valence electrons. The standard InChI is InChI=1S/C18H28N2O3.ClH/c1-22-15-7-9-16(10-8-15)23-12-11-18(21)20-17(13-19)14-5-3-2-4-6-14;/h7-10,14,17H,2-6,11-13,19H2,1H3,(H,20,21);1H. The van der Waals surface area contributed by atoms with Crippen molar-refractivity contribution >= 4 is 18.3 Å². The maximum Gasteiger partial charge on any atom is 0.223 e. The second-order valence-corrected chi connectivity index (χ2v) is 6.08. The average Bonchev–Trinajstić information content (AvgIpc) is 2.61. The first-order valence-corrected chi connectivity index (χ1v) is 8.49. The number of amides is 1. The largest absolute Gasteiger partial charge is 0.497 e. The van der Waals surface area contributed by atoms with Gasteiger partial charge >= 0.3 is 0 Å². The maximum atomic E-state index is 12.1. The van der Waals surface area contributed by atoms with E-state index in [4.69, 9.17) is 15.2 Å². The Labute approximate surface area is 150 Å². The first kappa shape index (κ1) is 20.6. The lowest BCUT2D eigenvalue weighted by atomic mass is 9.84. The third-order valence-corrected chi connectivity index (χ3v) is 4.48. The van der Waals surface area contributed by atoms with Gasteiger partial charge in [0.05, 0.1) is 20.1 Å². The van der Waals surface area contributed by atoms with Gasteiger partial charge in [-0.2, -0.15) is 0 Å². The van der Waals surface area contributed by atoms with Crippen LogP contribution in [0.15, 0.2) is 24.3 Å². The number of halogens is 1. The zero-order chi connectivity index (χ0) is 16.5. The van der Waals surface area contributed by atoms with Crippen LogP contribution in [0.3, 0.4) is 0 Å². The van der Waals surface area contributed by atoms with Crippen molar-refractivity contribution < 1.29 is 14.3 Å². The van der Waals surface area contributed by atoms with Gasteiger partial charge in [-0.15, -0.1) is 12.4 Å². The minimum absolute atomic E-state index is 0. The SMILES string of the molecule is COc1ccc(OCCC(=O)NC(CN)C2CCCCC2)cc1.Cl. The Morgan fingerprint density at radius 3 is 2.42 bits per heavy atom. The van der Waals surface area contributed by atoms with Crippen LogP contribution in [0, 0.1) is 5.92 Å². The molecule has 2 rings (SSSR count). The third kappa shape index (κ3) is 6.57. The fourth-order valence-electron chi connectivity index (χ4n) is 3.12. The lowest BCUT2D eigenvalue weighted by Crippen LogP contribution is -2.46. The van der Waals surface area contributed by atoms with E-state index in [1.54, 1.807) is 7.11 Å². The Hall–Kier alpha value is -1.46. The highest BCUT2D eigenvalue weighted by Crippen LogP contribution is 2.26. The van der Waals surface area contributed by atoms with Crippen LogP contribution in [0.5, 0.6) is 11.5 Å². The number of hydrogen-bond acceptors (Lipinski definition) is 4. The molecule has 0 radical (unpaired) electrons. The van der Waals surface area contributed by atoms with Crippen molar-refractivity contribution in [3.8, 4) is 11.5 Å². The maximum absolute atomic E-state index is 12.1. The minimum atomic E-state index is 0. The molecule has 0 spiro atoms. The summed E-state index contributed by atoms with van der Waals surface area (Å²) >= 11 is 0. The molecular weight excluding hydrogens is 328 g/mol. The zero-order valence-electron chi connectivity index (χ0n) is 14.3. The van der Waals surface area contributed by atoms with Crippen LogP contribution in [-0.4, -0.2) is 32.2 Å². The normalized spacial score (nSPS) is 15.9. The van der Waals surface area contributed by atoms with Crippen molar-refractivity contribution in [2.24, 2.45) is 11.7 Å². The summed E-state index contributed by atoms with van der Waals surface area (Å²) in [6.45, 7) is 0.871. The molecule has 0 aliphatic heterocycles. The first-order valence-electron chi connectivity index (χ1n) is 8.49. The number of rotatable bonds is 8. The van der Waals surface area contributed by atoms with Gasteiger partial charge in [0.15, 0.2) is 0 Å². The minimum Gasteiger partial charge on any atom is -0.497 e. The van der Waals surface area contributed by atoms with Crippen molar-refractivity contribution in [3.63, 3.8) is 0 Å². The molecule has 1 aromatic rings. The van der Waals surface area contributed by atoms with E-state index in [0.717, 1.165) is 11.5 Å². The number of hydrogen-bond donors (Lipinski definition) is 2. The molecular formula is C18H29ClN2O3. The molecule has 3 N–H and O–H groups in total. The van der Waals surface area contributed by atoms with Gasteiger partial charge in [-0.05, 0) is 43.0 Å².